The van der Waals surface area contributed by atoms with Crippen molar-refractivity contribution in [3.8, 4) is 22.8 Å². The normalized spacial score (nSPS) is 10.5. The van der Waals surface area contributed by atoms with Gasteiger partial charge in [0.1, 0.15) is 5.82 Å². The Morgan fingerprint density at radius 3 is 1.38 bits per heavy atom. The van der Waals surface area contributed by atoms with Crippen LogP contribution < -0.4 is 11.5 Å². The van der Waals surface area contributed by atoms with E-state index < -0.39 is 0 Å². The standard InChI is InChI=1S/C16H15N5/c1-10-19-15(11-2-6-13(17)7-3-11)21-16(20-10)12-4-8-14(18)9-5-12/h2-9H,17-18H2,1H3. The molecule has 5 nitrogen and oxygen atoms in total. The summed E-state index contributed by atoms with van der Waals surface area (Å²) in [5.74, 6) is 1.94. The molecule has 0 saturated carbocycles. The van der Waals surface area contributed by atoms with E-state index >= 15 is 0 Å². The predicted octanol–water partition coefficient (Wildman–Crippen LogP) is 2.68. The van der Waals surface area contributed by atoms with E-state index in [0.717, 1.165) is 11.1 Å². The average molecular weight is 277 g/mol. The van der Waals surface area contributed by atoms with Crippen LogP contribution in [0, 0.1) is 6.92 Å². The number of rotatable bonds is 2. The van der Waals surface area contributed by atoms with Gasteiger partial charge in [-0.1, -0.05) is 0 Å². The number of nitrogens with zero attached hydrogens (tertiary/aromatic N) is 3. The van der Waals surface area contributed by atoms with Gasteiger partial charge in [-0.25, -0.2) is 15.0 Å². The minimum Gasteiger partial charge on any atom is -0.399 e. The van der Waals surface area contributed by atoms with Gasteiger partial charge in [-0.15, -0.1) is 0 Å². The monoisotopic (exact) mass is 277 g/mol. The highest BCUT2D eigenvalue weighted by Gasteiger charge is 2.08. The fourth-order valence-electron chi connectivity index (χ4n) is 2.00. The second kappa shape index (κ2) is 5.20. The minimum atomic E-state index is 0.634. The molecule has 0 spiro atoms. The molecule has 0 aliphatic rings. The van der Waals surface area contributed by atoms with Crippen LogP contribution in [0.4, 0.5) is 11.4 Å². The maximum atomic E-state index is 5.70. The SMILES string of the molecule is Cc1nc(-c2ccc(N)cc2)nc(-c2ccc(N)cc2)n1. The maximum Gasteiger partial charge on any atom is 0.163 e. The van der Waals surface area contributed by atoms with Crippen LogP contribution in [0.5, 0.6) is 0 Å². The second-order valence-corrected chi connectivity index (χ2v) is 4.77. The van der Waals surface area contributed by atoms with Crippen molar-refractivity contribution in [2.24, 2.45) is 0 Å². The molecule has 5 heteroatoms. The lowest BCUT2D eigenvalue weighted by atomic mass is 10.1. The Balaban J connectivity index is 2.07. The van der Waals surface area contributed by atoms with E-state index in [9.17, 15) is 0 Å². The third kappa shape index (κ3) is 2.81. The molecule has 3 aromatic rings. The fourth-order valence-corrected chi connectivity index (χ4v) is 2.00. The van der Waals surface area contributed by atoms with Crippen molar-refractivity contribution in [2.75, 3.05) is 11.5 Å². The summed E-state index contributed by atoms with van der Waals surface area (Å²) in [5, 5.41) is 0. The van der Waals surface area contributed by atoms with Gasteiger partial charge in [0.25, 0.3) is 0 Å². The van der Waals surface area contributed by atoms with E-state index in [-0.39, 0.29) is 0 Å². The zero-order valence-electron chi connectivity index (χ0n) is 11.6. The van der Waals surface area contributed by atoms with E-state index in [4.69, 9.17) is 11.5 Å². The van der Waals surface area contributed by atoms with Gasteiger partial charge in [-0.2, -0.15) is 0 Å². The number of benzene rings is 2. The first-order chi connectivity index (χ1) is 10.1. The molecular formula is C16H15N5. The number of hydrogen-bond donors (Lipinski definition) is 2. The summed E-state index contributed by atoms with van der Waals surface area (Å²) in [6.07, 6.45) is 0. The summed E-state index contributed by atoms with van der Waals surface area (Å²) in [4.78, 5) is 13.3. The van der Waals surface area contributed by atoms with Crippen molar-refractivity contribution in [3.05, 3.63) is 54.4 Å². The second-order valence-electron chi connectivity index (χ2n) is 4.77. The molecule has 2 aromatic carbocycles. The summed E-state index contributed by atoms with van der Waals surface area (Å²) in [7, 11) is 0. The molecule has 1 heterocycles. The van der Waals surface area contributed by atoms with Crippen LogP contribution in [-0.4, -0.2) is 15.0 Å². The fraction of sp³-hybridized carbons (Fsp3) is 0.0625. The highest BCUT2D eigenvalue weighted by Crippen LogP contribution is 2.21. The summed E-state index contributed by atoms with van der Waals surface area (Å²) >= 11 is 0. The third-order valence-corrected chi connectivity index (χ3v) is 3.08. The molecule has 1 aromatic heterocycles. The lowest BCUT2D eigenvalue weighted by molar-refractivity contribution is 0.992. The van der Waals surface area contributed by atoms with Gasteiger partial charge < -0.3 is 11.5 Å². The van der Waals surface area contributed by atoms with Crippen LogP contribution >= 0.6 is 0 Å². The van der Waals surface area contributed by atoms with Gasteiger partial charge in [-0.05, 0) is 55.5 Å². The van der Waals surface area contributed by atoms with Gasteiger partial charge in [0.15, 0.2) is 11.6 Å². The lowest BCUT2D eigenvalue weighted by Crippen LogP contribution is -1.99. The van der Waals surface area contributed by atoms with E-state index in [1.165, 1.54) is 0 Å². The van der Waals surface area contributed by atoms with Gasteiger partial charge in [0, 0.05) is 22.5 Å². The quantitative estimate of drug-likeness (QED) is 0.703. The smallest absolute Gasteiger partial charge is 0.163 e. The van der Waals surface area contributed by atoms with Crippen LogP contribution in [0.2, 0.25) is 0 Å². The summed E-state index contributed by atoms with van der Waals surface area (Å²) in [5.41, 5.74) is 14.6. The number of anilines is 2. The van der Waals surface area contributed by atoms with Gasteiger partial charge in [0.05, 0.1) is 0 Å². The summed E-state index contributed by atoms with van der Waals surface area (Å²) < 4.78 is 0. The number of nitrogens with two attached hydrogens (primary N) is 2. The van der Waals surface area contributed by atoms with Crippen molar-refractivity contribution >= 4 is 11.4 Å². The van der Waals surface area contributed by atoms with E-state index in [0.29, 0.717) is 28.8 Å². The largest absolute Gasteiger partial charge is 0.399 e. The van der Waals surface area contributed by atoms with Crippen LogP contribution in [-0.2, 0) is 0 Å². The van der Waals surface area contributed by atoms with Crippen LogP contribution in [0.15, 0.2) is 48.5 Å². The van der Waals surface area contributed by atoms with Crippen molar-refractivity contribution in [1.29, 1.82) is 0 Å². The van der Waals surface area contributed by atoms with Crippen molar-refractivity contribution in [2.45, 2.75) is 6.92 Å². The average Bonchev–Trinajstić information content (AvgIpc) is 2.48. The Kier molecular flexibility index (Phi) is 3.23. The molecule has 0 fully saturated rings. The Morgan fingerprint density at radius 2 is 1.00 bits per heavy atom. The maximum absolute atomic E-state index is 5.70. The van der Waals surface area contributed by atoms with Crippen molar-refractivity contribution in [3.63, 3.8) is 0 Å². The Bertz CT molecular complexity index is 700. The molecule has 0 aliphatic carbocycles. The molecule has 4 N–H and O–H groups in total. The molecule has 0 bridgehead atoms. The first-order valence-corrected chi connectivity index (χ1v) is 6.56. The highest BCUT2D eigenvalue weighted by atomic mass is 15.0. The number of aryl methyl sites for hydroxylation is 1. The lowest BCUT2D eigenvalue weighted by Gasteiger charge is -2.06. The number of nitrogen functional groups attached to an aromatic ring is 2. The minimum absolute atomic E-state index is 0.634. The molecule has 0 aliphatic heterocycles. The molecule has 0 amide bonds. The van der Waals surface area contributed by atoms with Crippen LogP contribution in [0.25, 0.3) is 22.8 Å². The topological polar surface area (TPSA) is 90.7 Å². The molecule has 0 atom stereocenters. The van der Waals surface area contributed by atoms with Crippen molar-refractivity contribution < 1.29 is 0 Å². The molecular weight excluding hydrogens is 262 g/mol. The van der Waals surface area contributed by atoms with Crippen molar-refractivity contribution in [1.82, 2.24) is 15.0 Å². The molecule has 0 radical (unpaired) electrons. The zero-order chi connectivity index (χ0) is 14.8. The third-order valence-electron chi connectivity index (χ3n) is 3.08. The van der Waals surface area contributed by atoms with E-state index in [1.807, 2.05) is 55.5 Å². The first kappa shape index (κ1) is 13.1. The highest BCUT2D eigenvalue weighted by molar-refractivity contribution is 5.63. The van der Waals surface area contributed by atoms with E-state index in [2.05, 4.69) is 15.0 Å². The van der Waals surface area contributed by atoms with Gasteiger partial charge >= 0.3 is 0 Å². The van der Waals surface area contributed by atoms with E-state index in [1.54, 1.807) is 0 Å². The van der Waals surface area contributed by atoms with Gasteiger partial charge in [0.2, 0.25) is 0 Å². The Labute approximate surface area is 122 Å². The first-order valence-electron chi connectivity index (χ1n) is 6.56. The molecule has 21 heavy (non-hydrogen) atoms. The number of hydrogen-bond acceptors (Lipinski definition) is 5. The molecule has 0 saturated heterocycles. The zero-order valence-corrected chi connectivity index (χ0v) is 11.6. The number of aromatic nitrogens is 3. The Hall–Kier alpha value is -2.95. The molecule has 3 rings (SSSR count). The van der Waals surface area contributed by atoms with Crippen LogP contribution in [0.3, 0.4) is 0 Å². The summed E-state index contributed by atoms with van der Waals surface area (Å²) in [6.45, 7) is 1.85. The van der Waals surface area contributed by atoms with Gasteiger partial charge in [-0.3, -0.25) is 0 Å². The van der Waals surface area contributed by atoms with Crippen LogP contribution in [0.1, 0.15) is 5.82 Å². The molecule has 104 valence electrons. The molecule has 0 unspecified atom stereocenters. The predicted molar refractivity (Wildman–Crippen MR) is 84.3 cm³/mol. The summed E-state index contributed by atoms with van der Waals surface area (Å²) in [6, 6.07) is 14.9. The Morgan fingerprint density at radius 1 is 0.619 bits per heavy atom.